The molecule has 0 radical (unpaired) electrons. The van der Waals surface area contributed by atoms with Crippen LogP contribution in [0.25, 0.3) is 11.0 Å². The predicted molar refractivity (Wildman–Crippen MR) is 87.2 cm³/mol. The molecule has 1 N–H and O–H groups in total. The van der Waals surface area contributed by atoms with Crippen molar-refractivity contribution in [3.8, 4) is 12.1 Å². The van der Waals surface area contributed by atoms with Crippen molar-refractivity contribution in [1.29, 1.82) is 10.5 Å². The number of carbonyl (C=O) groups excluding carboxylic acids is 1. The summed E-state index contributed by atoms with van der Waals surface area (Å²) in [4.78, 5) is 28.7. The standard InChI is InChI=1S/C17H17N5O2/c18-7-9-21(10-8-19)16(23)12-5-6-15-14(11-12)20-17(24)22(15)13-3-1-2-4-13/h5-6,11,13H,1-4,9-10H2,(H,20,24). The SMILES string of the molecule is N#CCN(CC#N)C(=O)c1ccc2c(c1)[nH]c(=O)n2C1CCCC1. The fraction of sp³-hybridized carbons (Fsp3) is 0.412. The molecule has 1 heterocycles. The summed E-state index contributed by atoms with van der Waals surface area (Å²) in [7, 11) is 0. The van der Waals surface area contributed by atoms with Crippen molar-refractivity contribution < 1.29 is 4.79 Å². The van der Waals surface area contributed by atoms with Gasteiger partial charge in [0.25, 0.3) is 5.91 Å². The van der Waals surface area contributed by atoms with E-state index in [1.807, 2.05) is 12.1 Å². The number of H-pyrrole nitrogens is 1. The fourth-order valence-electron chi connectivity index (χ4n) is 3.34. The van der Waals surface area contributed by atoms with E-state index >= 15 is 0 Å². The van der Waals surface area contributed by atoms with Gasteiger partial charge in [-0.25, -0.2) is 4.79 Å². The lowest BCUT2D eigenvalue weighted by Gasteiger charge is -2.16. The van der Waals surface area contributed by atoms with E-state index in [9.17, 15) is 9.59 Å². The number of amides is 1. The molecule has 0 unspecified atom stereocenters. The van der Waals surface area contributed by atoms with Crippen LogP contribution in [-0.4, -0.2) is 33.4 Å². The third-order valence-electron chi connectivity index (χ3n) is 4.46. The molecule has 1 aromatic carbocycles. The van der Waals surface area contributed by atoms with Gasteiger partial charge in [0.1, 0.15) is 13.1 Å². The van der Waals surface area contributed by atoms with Crippen molar-refractivity contribution in [2.24, 2.45) is 0 Å². The van der Waals surface area contributed by atoms with Crippen molar-refractivity contribution in [1.82, 2.24) is 14.5 Å². The number of aromatic nitrogens is 2. The average molecular weight is 323 g/mol. The van der Waals surface area contributed by atoms with E-state index in [0.717, 1.165) is 31.2 Å². The highest BCUT2D eigenvalue weighted by Crippen LogP contribution is 2.30. The molecule has 7 heteroatoms. The van der Waals surface area contributed by atoms with Crippen LogP contribution in [0.1, 0.15) is 42.1 Å². The number of nitriles is 2. The Labute approximate surface area is 138 Å². The number of carbonyl (C=O) groups is 1. The third-order valence-corrected chi connectivity index (χ3v) is 4.46. The van der Waals surface area contributed by atoms with Crippen LogP contribution >= 0.6 is 0 Å². The Balaban J connectivity index is 1.98. The van der Waals surface area contributed by atoms with Crippen molar-refractivity contribution >= 4 is 16.9 Å². The van der Waals surface area contributed by atoms with Gasteiger partial charge in [0.15, 0.2) is 0 Å². The van der Waals surface area contributed by atoms with Gasteiger partial charge in [-0.05, 0) is 31.0 Å². The molecule has 0 saturated heterocycles. The van der Waals surface area contributed by atoms with Gasteiger partial charge in [-0.3, -0.25) is 9.36 Å². The second-order valence-corrected chi connectivity index (χ2v) is 5.95. The van der Waals surface area contributed by atoms with E-state index in [1.165, 1.54) is 4.90 Å². The predicted octanol–water partition coefficient (Wildman–Crippen LogP) is 1.93. The van der Waals surface area contributed by atoms with Crippen LogP contribution in [0.2, 0.25) is 0 Å². The van der Waals surface area contributed by atoms with E-state index in [0.29, 0.717) is 11.1 Å². The van der Waals surface area contributed by atoms with Crippen molar-refractivity contribution in [2.45, 2.75) is 31.7 Å². The monoisotopic (exact) mass is 323 g/mol. The first-order valence-electron chi connectivity index (χ1n) is 7.93. The number of nitrogens with zero attached hydrogens (tertiary/aromatic N) is 4. The summed E-state index contributed by atoms with van der Waals surface area (Å²) in [6.45, 7) is -0.298. The van der Waals surface area contributed by atoms with Gasteiger partial charge in [0, 0.05) is 11.6 Å². The number of aromatic amines is 1. The lowest BCUT2D eigenvalue weighted by Crippen LogP contribution is -2.31. The molecule has 0 spiro atoms. The molecule has 1 amide bonds. The molecule has 0 atom stereocenters. The van der Waals surface area contributed by atoms with Crippen LogP contribution < -0.4 is 5.69 Å². The highest BCUT2D eigenvalue weighted by atomic mass is 16.2. The first-order chi connectivity index (χ1) is 11.7. The minimum Gasteiger partial charge on any atom is -0.312 e. The van der Waals surface area contributed by atoms with Crippen LogP contribution in [0, 0.1) is 22.7 Å². The molecule has 1 saturated carbocycles. The molecule has 1 aliphatic carbocycles. The molecule has 0 aliphatic heterocycles. The Morgan fingerprint density at radius 1 is 1.25 bits per heavy atom. The zero-order valence-electron chi connectivity index (χ0n) is 13.2. The van der Waals surface area contributed by atoms with Gasteiger partial charge in [-0.2, -0.15) is 10.5 Å². The summed E-state index contributed by atoms with van der Waals surface area (Å²) in [5, 5.41) is 17.6. The maximum Gasteiger partial charge on any atom is 0.326 e. The van der Waals surface area contributed by atoms with Crippen molar-refractivity contribution in [2.75, 3.05) is 13.1 Å². The first-order valence-corrected chi connectivity index (χ1v) is 7.93. The fourth-order valence-corrected chi connectivity index (χ4v) is 3.34. The van der Waals surface area contributed by atoms with Crippen LogP contribution in [0.15, 0.2) is 23.0 Å². The number of hydrogen-bond donors (Lipinski definition) is 1. The summed E-state index contributed by atoms with van der Waals surface area (Å²) in [6.07, 6.45) is 4.23. The van der Waals surface area contributed by atoms with Crippen molar-refractivity contribution in [3.63, 3.8) is 0 Å². The van der Waals surface area contributed by atoms with Gasteiger partial charge in [0.05, 0.1) is 23.2 Å². The minimum atomic E-state index is -0.394. The van der Waals surface area contributed by atoms with E-state index in [4.69, 9.17) is 10.5 Å². The number of imidazole rings is 1. The quantitative estimate of drug-likeness (QED) is 0.868. The zero-order valence-corrected chi connectivity index (χ0v) is 13.2. The smallest absolute Gasteiger partial charge is 0.312 e. The number of fused-ring (bicyclic) bond motifs is 1. The highest BCUT2D eigenvalue weighted by molar-refractivity contribution is 5.97. The maximum absolute atomic E-state index is 12.4. The van der Waals surface area contributed by atoms with Gasteiger partial charge in [-0.15, -0.1) is 0 Å². The number of nitrogens with one attached hydrogen (secondary N) is 1. The van der Waals surface area contributed by atoms with E-state index in [2.05, 4.69) is 4.98 Å². The van der Waals surface area contributed by atoms with E-state index in [1.54, 1.807) is 22.8 Å². The molecule has 24 heavy (non-hydrogen) atoms. The molecule has 1 aromatic heterocycles. The number of hydrogen-bond acceptors (Lipinski definition) is 4. The zero-order chi connectivity index (χ0) is 17.1. The molecule has 7 nitrogen and oxygen atoms in total. The summed E-state index contributed by atoms with van der Waals surface area (Å²) in [5.41, 5.74) is 1.59. The Bertz CT molecular complexity index is 890. The van der Waals surface area contributed by atoms with Crippen molar-refractivity contribution in [3.05, 3.63) is 34.2 Å². The molecule has 1 aliphatic rings. The second kappa shape index (κ2) is 6.59. The largest absolute Gasteiger partial charge is 0.326 e. The topological polar surface area (TPSA) is 106 Å². The highest BCUT2D eigenvalue weighted by Gasteiger charge is 2.22. The molecule has 2 aromatic rings. The first kappa shape index (κ1) is 15.8. The Kier molecular flexibility index (Phi) is 4.35. The van der Waals surface area contributed by atoms with Gasteiger partial charge in [0.2, 0.25) is 0 Å². The van der Waals surface area contributed by atoms with Gasteiger partial charge < -0.3 is 9.88 Å². The van der Waals surface area contributed by atoms with Crippen LogP contribution in [0.4, 0.5) is 0 Å². The van der Waals surface area contributed by atoms with E-state index in [-0.39, 0.29) is 24.8 Å². The van der Waals surface area contributed by atoms with Gasteiger partial charge >= 0.3 is 5.69 Å². The Morgan fingerprint density at radius 3 is 2.54 bits per heavy atom. The Morgan fingerprint density at radius 2 is 1.92 bits per heavy atom. The average Bonchev–Trinajstić information content (AvgIpc) is 3.19. The molecule has 3 rings (SSSR count). The maximum atomic E-state index is 12.4. The number of benzene rings is 1. The van der Waals surface area contributed by atoms with E-state index < -0.39 is 5.91 Å². The van der Waals surface area contributed by atoms with Crippen LogP contribution in [0.3, 0.4) is 0 Å². The number of rotatable bonds is 4. The minimum absolute atomic E-state index is 0.149. The lowest BCUT2D eigenvalue weighted by molar-refractivity contribution is 0.0795. The van der Waals surface area contributed by atoms with Gasteiger partial charge in [-0.1, -0.05) is 12.8 Å². The normalized spacial score (nSPS) is 14.4. The Hall–Kier alpha value is -3.06. The molecular formula is C17H17N5O2. The third kappa shape index (κ3) is 2.77. The second-order valence-electron chi connectivity index (χ2n) is 5.95. The van der Waals surface area contributed by atoms with Crippen LogP contribution in [-0.2, 0) is 0 Å². The summed E-state index contributed by atoms with van der Waals surface area (Å²) in [5.74, 6) is -0.394. The molecule has 1 fully saturated rings. The summed E-state index contributed by atoms with van der Waals surface area (Å²) >= 11 is 0. The summed E-state index contributed by atoms with van der Waals surface area (Å²) < 4.78 is 1.78. The molecule has 0 bridgehead atoms. The molecular weight excluding hydrogens is 306 g/mol. The van der Waals surface area contributed by atoms with Crippen LogP contribution in [0.5, 0.6) is 0 Å². The lowest BCUT2D eigenvalue weighted by atomic mass is 10.1. The molecule has 122 valence electrons. The summed E-state index contributed by atoms with van der Waals surface area (Å²) in [6, 6.07) is 9.00.